The van der Waals surface area contributed by atoms with Crippen molar-refractivity contribution < 1.29 is 52.1 Å². The maximum Gasteiger partial charge on any atom is 1.00 e. The Bertz CT molecular complexity index is 218. The normalized spacial score (nSPS) is 10.2. The predicted octanol–water partition coefficient (Wildman–Crippen LogP) is -2.57. The van der Waals surface area contributed by atoms with Gasteiger partial charge in [0, 0.05) is 0 Å². The summed E-state index contributed by atoms with van der Waals surface area (Å²) >= 11 is -2.86. The molecule has 1 aromatic rings. The van der Waals surface area contributed by atoms with Gasteiger partial charge >= 0.3 is 29.6 Å². The van der Waals surface area contributed by atoms with E-state index in [0.717, 1.165) is 6.29 Å². The third-order valence-electron chi connectivity index (χ3n) is 0.679. The number of hydrogen-bond donors (Lipinski definition) is 1. The zero-order valence-electron chi connectivity index (χ0n) is 6.30. The number of carbonyl (C=O) groups excluding carboxylic acids is 1. The van der Waals surface area contributed by atoms with Gasteiger partial charge in [-0.3, -0.25) is 4.79 Å². The molecule has 1 heterocycles. The monoisotopic (exact) mass is 200 g/mol. The van der Waals surface area contributed by atoms with E-state index in [1.165, 1.54) is 12.5 Å². The minimum atomic E-state index is -2.86. The first-order valence-electron chi connectivity index (χ1n) is 2.42. The summed E-state index contributed by atoms with van der Waals surface area (Å²) in [5, 5.41) is 0. The van der Waals surface area contributed by atoms with Gasteiger partial charge in [0.25, 0.3) is 0 Å². The second-order valence-electron chi connectivity index (χ2n) is 1.39. The molecule has 0 saturated carbocycles. The Kier molecular flexibility index (Phi) is 11.0. The van der Waals surface area contributed by atoms with Crippen molar-refractivity contribution in [2.75, 3.05) is 0 Å². The molecule has 7 heteroatoms. The summed E-state index contributed by atoms with van der Waals surface area (Å²) < 4.78 is 28.7. The Labute approximate surface area is 93.6 Å². The molecule has 0 radical (unpaired) electrons. The summed E-state index contributed by atoms with van der Waals surface area (Å²) in [7, 11) is 0. The molecule has 1 aromatic heterocycles. The van der Waals surface area contributed by atoms with Crippen LogP contribution in [-0.4, -0.2) is 19.6 Å². The van der Waals surface area contributed by atoms with Crippen molar-refractivity contribution in [1.29, 1.82) is 0 Å². The summed E-state index contributed by atoms with van der Waals surface area (Å²) in [6.07, 6.45) is 3.60. The van der Waals surface area contributed by atoms with Crippen molar-refractivity contribution in [3.8, 4) is 0 Å². The van der Waals surface area contributed by atoms with Crippen LogP contribution in [0, 0.1) is 0 Å². The minimum absolute atomic E-state index is 0. The van der Waals surface area contributed by atoms with Crippen LogP contribution in [0.15, 0.2) is 23.0 Å². The summed E-state index contributed by atoms with van der Waals surface area (Å²) in [4.78, 5) is 9.81. The van der Waals surface area contributed by atoms with E-state index in [-0.39, 0.29) is 29.6 Å². The summed E-state index contributed by atoms with van der Waals surface area (Å²) in [6, 6.07) is 1.60. The van der Waals surface area contributed by atoms with E-state index in [9.17, 15) is 4.79 Å². The maximum atomic E-state index is 9.81. The van der Waals surface area contributed by atoms with Crippen LogP contribution in [-0.2, 0) is 11.4 Å². The van der Waals surface area contributed by atoms with Crippen molar-refractivity contribution in [3.05, 3.63) is 24.2 Å². The van der Waals surface area contributed by atoms with Gasteiger partial charge in [0.2, 0.25) is 0 Å². The molecule has 62 valence electrons. The smallest absolute Gasteiger partial charge is 0.750 e. The van der Waals surface area contributed by atoms with Crippen molar-refractivity contribution in [3.63, 3.8) is 0 Å². The average molecular weight is 200 g/mol. The van der Waals surface area contributed by atoms with Gasteiger partial charge in [-0.25, -0.2) is 4.21 Å². The predicted molar refractivity (Wildman–Crippen MR) is 35.6 cm³/mol. The van der Waals surface area contributed by atoms with Crippen molar-refractivity contribution in [1.82, 2.24) is 0 Å². The first kappa shape index (κ1) is 14.5. The Balaban J connectivity index is 0. The van der Waals surface area contributed by atoms with Crippen molar-refractivity contribution >= 4 is 17.6 Å². The number of furan rings is 1. The van der Waals surface area contributed by atoms with Crippen LogP contribution < -0.4 is 29.6 Å². The molecule has 1 atom stereocenters. The fraction of sp³-hybridized carbons (Fsp3) is 0. The summed E-state index contributed by atoms with van der Waals surface area (Å²) in [5.41, 5.74) is 0.583. The standard InChI is InChI=1S/C5H4O2.Na.H2O3S/c6-3-5-1-2-7-4-5;;1-4(2)3/h1-4H;;(H2,1,2,3)/q;+1;/p-1. The fourth-order valence-electron chi connectivity index (χ4n) is 0.342. The van der Waals surface area contributed by atoms with E-state index in [1.54, 1.807) is 6.07 Å². The largest absolute Gasteiger partial charge is 1.00 e. The molecule has 1 rings (SSSR count). The molecular weight excluding hydrogens is 195 g/mol. The second kappa shape index (κ2) is 9.11. The van der Waals surface area contributed by atoms with Gasteiger partial charge in [-0.15, -0.1) is 0 Å². The quantitative estimate of drug-likeness (QED) is 0.306. The van der Waals surface area contributed by atoms with Crippen LogP contribution in [0.25, 0.3) is 0 Å². The van der Waals surface area contributed by atoms with E-state index >= 15 is 0 Å². The van der Waals surface area contributed by atoms with Crippen LogP contribution in [0.3, 0.4) is 0 Å². The van der Waals surface area contributed by atoms with Crippen LogP contribution in [0.5, 0.6) is 0 Å². The fourth-order valence-corrected chi connectivity index (χ4v) is 0.342. The van der Waals surface area contributed by atoms with E-state index in [0.29, 0.717) is 5.56 Å². The zero-order valence-corrected chi connectivity index (χ0v) is 9.11. The Hall–Kier alpha value is 0.0200. The first-order valence-corrected chi connectivity index (χ1v) is 3.45. The summed E-state index contributed by atoms with van der Waals surface area (Å²) in [5.74, 6) is 0. The van der Waals surface area contributed by atoms with Gasteiger partial charge < -0.3 is 13.5 Å². The molecule has 0 saturated heterocycles. The SMILES string of the molecule is O=Cc1ccoc1.O=S([O-])O.[Na+]. The topological polar surface area (TPSA) is 90.6 Å². The van der Waals surface area contributed by atoms with Crippen LogP contribution in [0.4, 0.5) is 0 Å². The number of hydrogen-bond acceptors (Lipinski definition) is 4. The molecule has 1 unspecified atom stereocenters. The van der Waals surface area contributed by atoms with Gasteiger partial charge in [0.1, 0.15) is 6.26 Å². The molecule has 0 fully saturated rings. The molecule has 1 N–H and O–H groups in total. The zero-order chi connectivity index (χ0) is 8.69. The van der Waals surface area contributed by atoms with E-state index in [4.69, 9.17) is 13.3 Å². The maximum absolute atomic E-state index is 9.81. The average Bonchev–Trinajstić information content (AvgIpc) is 2.36. The molecule has 0 aliphatic rings. The van der Waals surface area contributed by atoms with E-state index < -0.39 is 11.4 Å². The Morgan fingerprint density at radius 3 is 2.33 bits per heavy atom. The molecule has 12 heavy (non-hydrogen) atoms. The van der Waals surface area contributed by atoms with E-state index in [1.807, 2.05) is 0 Å². The van der Waals surface area contributed by atoms with Crippen molar-refractivity contribution in [2.24, 2.45) is 0 Å². The van der Waals surface area contributed by atoms with Gasteiger partial charge in [0.05, 0.1) is 23.2 Å². The minimum Gasteiger partial charge on any atom is -0.750 e. The number of rotatable bonds is 1. The first-order chi connectivity index (χ1) is 5.16. The molecule has 0 aliphatic heterocycles. The van der Waals surface area contributed by atoms with Gasteiger partial charge in [-0.2, -0.15) is 0 Å². The Morgan fingerprint density at radius 2 is 2.17 bits per heavy atom. The van der Waals surface area contributed by atoms with Gasteiger partial charge in [0.15, 0.2) is 6.29 Å². The van der Waals surface area contributed by atoms with Crippen molar-refractivity contribution in [2.45, 2.75) is 0 Å². The number of carbonyl (C=O) groups is 1. The summed E-state index contributed by atoms with van der Waals surface area (Å²) in [6.45, 7) is 0. The second-order valence-corrected chi connectivity index (χ2v) is 1.83. The molecule has 5 nitrogen and oxygen atoms in total. The molecule has 0 amide bonds. The molecule has 0 aromatic carbocycles. The van der Waals surface area contributed by atoms with Gasteiger partial charge in [-0.05, 0) is 6.07 Å². The molecule has 0 spiro atoms. The van der Waals surface area contributed by atoms with E-state index in [2.05, 4.69) is 4.42 Å². The van der Waals surface area contributed by atoms with Crippen LogP contribution in [0.1, 0.15) is 10.4 Å². The third kappa shape index (κ3) is 10.0. The third-order valence-corrected chi connectivity index (χ3v) is 0.679. The van der Waals surface area contributed by atoms with Gasteiger partial charge in [-0.1, -0.05) is 0 Å². The Morgan fingerprint density at radius 1 is 1.67 bits per heavy atom. The molecule has 0 aliphatic carbocycles. The molecule has 0 bridgehead atoms. The van der Waals surface area contributed by atoms with Crippen LogP contribution in [0.2, 0.25) is 0 Å². The number of aldehydes is 1. The van der Waals surface area contributed by atoms with Crippen LogP contribution >= 0.6 is 0 Å². The molecular formula is C5H5NaO5S.